The van der Waals surface area contributed by atoms with Crippen LogP contribution in [0.15, 0.2) is 90.1 Å². The molecule has 2 atom stereocenters. The second-order valence-corrected chi connectivity index (χ2v) is 11.4. The molecule has 236 valence electrons. The van der Waals surface area contributed by atoms with Gasteiger partial charge in [-0.05, 0) is 84.5 Å². The summed E-state index contributed by atoms with van der Waals surface area (Å²) in [6, 6.07) is 21.8. The van der Waals surface area contributed by atoms with Gasteiger partial charge in [0.05, 0.1) is 45.9 Å². The van der Waals surface area contributed by atoms with Crippen molar-refractivity contribution in [3.63, 3.8) is 0 Å². The SMILES string of the molecule is COc1ccc([C@H]2CC(=O)C3=C(C2)Nc2ccc(C)cc2N(C(=O)c2cc(OC)c(OC)c(OC)c2)[C@@H]3c2ccc(F)cc2)cc1. The fraction of sp³-hybridized carbons (Fsp3) is 0.243. The zero-order valence-corrected chi connectivity index (χ0v) is 26.3. The monoisotopic (exact) mass is 622 g/mol. The van der Waals surface area contributed by atoms with Gasteiger partial charge in [0.2, 0.25) is 5.75 Å². The molecular formula is C37H35FN2O6. The number of nitrogens with zero attached hydrogens (tertiary/aromatic N) is 1. The summed E-state index contributed by atoms with van der Waals surface area (Å²) in [4.78, 5) is 30.8. The topological polar surface area (TPSA) is 86.3 Å². The lowest BCUT2D eigenvalue weighted by Crippen LogP contribution is -2.38. The molecule has 0 radical (unpaired) electrons. The van der Waals surface area contributed by atoms with E-state index in [0.717, 1.165) is 22.6 Å². The van der Waals surface area contributed by atoms with Gasteiger partial charge >= 0.3 is 0 Å². The molecule has 1 amide bonds. The number of nitrogens with one attached hydrogen (secondary N) is 1. The molecule has 46 heavy (non-hydrogen) atoms. The van der Waals surface area contributed by atoms with Crippen molar-refractivity contribution in [3.05, 3.63) is 118 Å². The molecule has 0 aromatic heterocycles. The van der Waals surface area contributed by atoms with E-state index in [-0.39, 0.29) is 23.7 Å². The zero-order chi connectivity index (χ0) is 32.5. The normalized spacial score (nSPS) is 17.3. The van der Waals surface area contributed by atoms with Crippen molar-refractivity contribution in [1.29, 1.82) is 0 Å². The van der Waals surface area contributed by atoms with Gasteiger partial charge in [0.25, 0.3) is 5.91 Å². The predicted molar refractivity (Wildman–Crippen MR) is 174 cm³/mol. The third-order valence-corrected chi connectivity index (χ3v) is 8.64. The maximum atomic E-state index is 14.9. The largest absolute Gasteiger partial charge is 0.497 e. The molecule has 1 heterocycles. The van der Waals surface area contributed by atoms with Gasteiger partial charge in [0.1, 0.15) is 11.6 Å². The summed E-state index contributed by atoms with van der Waals surface area (Å²) >= 11 is 0. The lowest BCUT2D eigenvalue weighted by Gasteiger charge is -2.35. The van der Waals surface area contributed by atoms with E-state index in [1.807, 2.05) is 49.4 Å². The summed E-state index contributed by atoms with van der Waals surface area (Å²) in [6.07, 6.45) is 0.775. The average molecular weight is 623 g/mol. The summed E-state index contributed by atoms with van der Waals surface area (Å²) in [5, 5.41) is 3.55. The second kappa shape index (κ2) is 12.6. The van der Waals surface area contributed by atoms with Crippen LogP contribution in [0.3, 0.4) is 0 Å². The Labute approximate surface area is 267 Å². The Kier molecular flexibility index (Phi) is 8.41. The highest BCUT2D eigenvalue weighted by atomic mass is 19.1. The van der Waals surface area contributed by atoms with Crippen LogP contribution in [0.2, 0.25) is 0 Å². The summed E-state index contributed by atoms with van der Waals surface area (Å²) in [5.74, 6) is 0.705. The van der Waals surface area contributed by atoms with Crippen LogP contribution in [-0.4, -0.2) is 40.1 Å². The Hall–Kier alpha value is -5.31. The Bertz CT molecular complexity index is 1810. The van der Waals surface area contributed by atoms with Crippen molar-refractivity contribution in [2.45, 2.75) is 31.7 Å². The molecule has 0 fully saturated rings. The van der Waals surface area contributed by atoms with Crippen LogP contribution in [0, 0.1) is 12.7 Å². The highest BCUT2D eigenvalue weighted by molar-refractivity contribution is 6.12. The molecule has 6 rings (SSSR count). The number of hydrogen-bond acceptors (Lipinski definition) is 7. The lowest BCUT2D eigenvalue weighted by atomic mass is 9.78. The Balaban J connectivity index is 1.56. The molecule has 8 nitrogen and oxygen atoms in total. The van der Waals surface area contributed by atoms with Crippen molar-refractivity contribution < 1.29 is 32.9 Å². The maximum absolute atomic E-state index is 14.9. The fourth-order valence-electron chi connectivity index (χ4n) is 6.39. The summed E-state index contributed by atoms with van der Waals surface area (Å²) in [5.41, 5.74) is 5.23. The summed E-state index contributed by atoms with van der Waals surface area (Å²) in [6.45, 7) is 1.94. The minimum Gasteiger partial charge on any atom is -0.497 e. The molecule has 0 bridgehead atoms. The number of amides is 1. The first-order valence-electron chi connectivity index (χ1n) is 14.9. The number of hydrogen-bond donors (Lipinski definition) is 1. The third-order valence-electron chi connectivity index (χ3n) is 8.64. The predicted octanol–water partition coefficient (Wildman–Crippen LogP) is 7.38. The van der Waals surface area contributed by atoms with Crippen LogP contribution >= 0.6 is 0 Å². The number of anilines is 2. The Morgan fingerprint density at radius 3 is 2.07 bits per heavy atom. The van der Waals surface area contributed by atoms with Gasteiger partial charge in [-0.3, -0.25) is 14.5 Å². The molecule has 9 heteroatoms. The standard InChI is InChI=1S/C37H35FN2O6/c1-21-6-15-28-30(16-21)40(37(42)25-19-32(44-3)36(46-5)33(20-25)45-4)35(23-7-11-26(38)12-8-23)34-29(39-28)17-24(18-31(34)41)22-9-13-27(43-2)14-10-22/h6-16,19-20,24,35,39H,17-18H2,1-5H3/t24-,35-/m1/s1. The molecule has 0 saturated heterocycles. The highest BCUT2D eigenvalue weighted by Crippen LogP contribution is 2.49. The number of ketones is 1. The number of halogens is 1. The van der Waals surface area contributed by atoms with E-state index >= 15 is 0 Å². The van der Waals surface area contributed by atoms with Gasteiger partial charge in [0.15, 0.2) is 17.3 Å². The van der Waals surface area contributed by atoms with Gasteiger partial charge in [-0.2, -0.15) is 0 Å². The van der Waals surface area contributed by atoms with Gasteiger partial charge < -0.3 is 24.3 Å². The minimum atomic E-state index is -0.859. The van der Waals surface area contributed by atoms with Crippen molar-refractivity contribution in [3.8, 4) is 23.0 Å². The molecular weight excluding hydrogens is 587 g/mol. The van der Waals surface area contributed by atoms with Gasteiger partial charge in [-0.25, -0.2) is 4.39 Å². The molecule has 1 N–H and O–H groups in total. The van der Waals surface area contributed by atoms with Crippen LogP contribution in [0.4, 0.5) is 15.8 Å². The molecule has 0 saturated carbocycles. The Morgan fingerprint density at radius 2 is 1.46 bits per heavy atom. The van der Waals surface area contributed by atoms with E-state index < -0.39 is 17.8 Å². The van der Waals surface area contributed by atoms with Gasteiger partial charge in [0, 0.05) is 23.3 Å². The van der Waals surface area contributed by atoms with E-state index in [0.29, 0.717) is 46.2 Å². The fourth-order valence-corrected chi connectivity index (χ4v) is 6.39. The molecule has 1 aliphatic carbocycles. The molecule has 0 spiro atoms. The van der Waals surface area contributed by atoms with Crippen LogP contribution < -0.4 is 29.2 Å². The second-order valence-electron chi connectivity index (χ2n) is 11.4. The number of Topliss-reactive ketones (excluding diaryl/α,β-unsaturated/α-hetero) is 1. The van der Waals surface area contributed by atoms with Gasteiger partial charge in [-0.1, -0.05) is 30.3 Å². The van der Waals surface area contributed by atoms with Crippen molar-refractivity contribution in [1.82, 2.24) is 0 Å². The number of ether oxygens (including phenoxy) is 4. The summed E-state index contributed by atoms with van der Waals surface area (Å²) in [7, 11) is 6.08. The number of carbonyl (C=O) groups is 2. The van der Waals surface area contributed by atoms with E-state index in [9.17, 15) is 14.0 Å². The van der Waals surface area contributed by atoms with Gasteiger partial charge in [-0.15, -0.1) is 0 Å². The zero-order valence-electron chi connectivity index (χ0n) is 26.3. The third kappa shape index (κ3) is 5.53. The quantitative estimate of drug-likeness (QED) is 0.230. The molecule has 4 aromatic rings. The number of rotatable bonds is 7. The van der Waals surface area contributed by atoms with E-state index in [4.69, 9.17) is 18.9 Å². The number of allylic oxidation sites excluding steroid dienone is 1. The van der Waals surface area contributed by atoms with E-state index in [2.05, 4.69) is 5.32 Å². The van der Waals surface area contributed by atoms with Crippen molar-refractivity contribution in [2.75, 3.05) is 38.7 Å². The molecule has 2 aliphatic rings. The highest BCUT2D eigenvalue weighted by Gasteiger charge is 2.42. The van der Waals surface area contributed by atoms with Crippen LogP contribution in [0.25, 0.3) is 0 Å². The number of aryl methyl sites for hydroxylation is 1. The first kappa shape index (κ1) is 30.7. The van der Waals surface area contributed by atoms with E-state index in [1.54, 1.807) is 36.3 Å². The first-order valence-corrected chi connectivity index (χ1v) is 14.9. The number of carbonyl (C=O) groups excluding carboxylic acids is 2. The van der Waals surface area contributed by atoms with Crippen LogP contribution in [-0.2, 0) is 4.79 Å². The summed E-state index contributed by atoms with van der Waals surface area (Å²) < 4.78 is 36.2. The maximum Gasteiger partial charge on any atom is 0.259 e. The number of benzene rings is 4. The van der Waals surface area contributed by atoms with Crippen LogP contribution in [0.5, 0.6) is 23.0 Å². The molecule has 0 unspecified atom stereocenters. The minimum absolute atomic E-state index is 0.0928. The smallest absolute Gasteiger partial charge is 0.259 e. The first-order chi connectivity index (χ1) is 22.3. The Morgan fingerprint density at radius 1 is 0.804 bits per heavy atom. The van der Waals surface area contributed by atoms with Crippen molar-refractivity contribution in [2.24, 2.45) is 0 Å². The number of fused-ring (bicyclic) bond motifs is 1. The lowest BCUT2D eigenvalue weighted by molar-refractivity contribution is -0.116. The van der Waals surface area contributed by atoms with E-state index in [1.165, 1.54) is 33.5 Å². The average Bonchev–Trinajstić information content (AvgIpc) is 3.22. The number of methoxy groups -OCH3 is 4. The van der Waals surface area contributed by atoms with Crippen molar-refractivity contribution >= 4 is 23.1 Å². The van der Waals surface area contributed by atoms with Crippen LogP contribution in [0.1, 0.15) is 51.8 Å². The molecule has 1 aliphatic heterocycles. The molecule has 4 aromatic carbocycles.